The number of hydrogen-bond donors (Lipinski definition) is 0. The number of imidazole rings is 1. The van der Waals surface area contributed by atoms with E-state index in [0.29, 0.717) is 12.0 Å². The predicted octanol–water partition coefficient (Wildman–Crippen LogP) is 1.84. The number of aryl methyl sites for hydroxylation is 2. The van der Waals surface area contributed by atoms with Crippen LogP contribution in [-0.4, -0.2) is 34.5 Å². The quantitative estimate of drug-likeness (QED) is 0.849. The summed E-state index contributed by atoms with van der Waals surface area (Å²) in [6.07, 6.45) is 5.10. The molecule has 1 amide bonds. The zero-order valence-electron chi connectivity index (χ0n) is 13.0. The van der Waals surface area contributed by atoms with Crippen molar-refractivity contribution in [1.82, 2.24) is 14.5 Å². The van der Waals surface area contributed by atoms with Crippen LogP contribution in [0.4, 0.5) is 0 Å². The fourth-order valence-electron chi connectivity index (χ4n) is 3.44. The molecule has 5 nitrogen and oxygen atoms in total. The van der Waals surface area contributed by atoms with Crippen molar-refractivity contribution >= 4 is 5.91 Å². The minimum Gasteiger partial charge on any atom is -0.346 e. The summed E-state index contributed by atoms with van der Waals surface area (Å²) in [7, 11) is 3.55. The Kier molecular flexibility index (Phi) is 3.25. The Morgan fingerprint density at radius 3 is 2.86 bits per heavy atom. The number of rotatable bonds is 2. The number of benzene rings is 1. The second kappa shape index (κ2) is 4.99. The third kappa shape index (κ3) is 1.84. The summed E-state index contributed by atoms with van der Waals surface area (Å²) in [6.45, 7) is 1.95. The Bertz CT molecular complexity index is 784. The number of amides is 1. The first kappa shape index (κ1) is 14.3. The van der Waals surface area contributed by atoms with Crippen molar-refractivity contribution in [1.29, 1.82) is 5.26 Å². The van der Waals surface area contributed by atoms with Gasteiger partial charge in [-0.3, -0.25) is 4.79 Å². The summed E-state index contributed by atoms with van der Waals surface area (Å²) in [5.74, 6) is 0.0389. The average molecular weight is 294 g/mol. The van der Waals surface area contributed by atoms with Gasteiger partial charge in [0.25, 0.3) is 5.91 Å². The summed E-state index contributed by atoms with van der Waals surface area (Å²) in [4.78, 5) is 18.9. The largest absolute Gasteiger partial charge is 0.346 e. The molecule has 3 rings (SSSR count). The lowest BCUT2D eigenvalue weighted by Crippen LogP contribution is -2.47. The summed E-state index contributed by atoms with van der Waals surface area (Å²) in [6, 6.07) is 7.68. The molecule has 0 bridgehead atoms. The maximum absolute atomic E-state index is 13.0. The van der Waals surface area contributed by atoms with E-state index < -0.39 is 5.54 Å². The molecule has 1 aromatic heterocycles. The summed E-state index contributed by atoms with van der Waals surface area (Å²) in [5.41, 5.74) is 2.82. The number of aromatic nitrogens is 2. The van der Waals surface area contributed by atoms with Gasteiger partial charge in [-0.2, -0.15) is 5.26 Å². The van der Waals surface area contributed by atoms with Crippen molar-refractivity contribution in [3.05, 3.63) is 53.1 Å². The molecule has 2 heterocycles. The molecule has 1 unspecified atom stereocenters. The van der Waals surface area contributed by atoms with Gasteiger partial charge in [-0.05, 0) is 43.0 Å². The zero-order chi connectivity index (χ0) is 15.9. The number of carbonyl (C=O) groups excluding carboxylic acids is 1. The van der Waals surface area contributed by atoms with Crippen LogP contribution in [0.2, 0.25) is 0 Å². The monoisotopic (exact) mass is 294 g/mol. The Hall–Kier alpha value is -2.61. The molecular formula is C17H18N4O. The van der Waals surface area contributed by atoms with Crippen molar-refractivity contribution in [2.24, 2.45) is 0 Å². The molecule has 0 aliphatic carbocycles. The van der Waals surface area contributed by atoms with E-state index in [2.05, 4.69) is 11.1 Å². The summed E-state index contributed by atoms with van der Waals surface area (Å²) >= 11 is 0. The fourth-order valence-corrected chi connectivity index (χ4v) is 3.44. The van der Waals surface area contributed by atoms with Crippen LogP contribution in [0.5, 0.6) is 0 Å². The second-order valence-corrected chi connectivity index (χ2v) is 5.96. The van der Waals surface area contributed by atoms with Crippen LogP contribution in [0.3, 0.4) is 0 Å². The zero-order valence-corrected chi connectivity index (χ0v) is 13.0. The van der Waals surface area contributed by atoms with Crippen LogP contribution in [-0.2, 0) is 16.8 Å². The third-order valence-electron chi connectivity index (χ3n) is 4.43. The van der Waals surface area contributed by atoms with Crippen LogP contribution in [0, 0.1) is 18.3 Å². The van der Waals surface area contributed by atoms with Crippen molar-refractivity contribution in [2.75, 3.05) is 14.1 Å². The van der Waals surface area contributed by atoms with Gasteiger partial charge in [-0.25, -0.2) is 4.98 Å². The molecule has 5 heteroatoms. The smallest absolute Gasteiger partial charge is 0.253 e. The normalized spacial score (nSPS) is 19.5. The van der Waals surface area contributed by atoms with Crippen molar-refractivity contribution < 1.29 is 4.79 Å². The molecule has 1 aliphatic heterocycles. The standard InChI is InChI=1S/C17H18N4O/c1-12-8-13(9-18)4-5-15(12)17(16(22)20(2)3)7-6-14-10-19-11-21(14)17/h4-5,8,10-11H,6-7H2,1-3H3. The number of nitrogens with zero attached hydrogens (tertiary/aromatic N) is 4. The first-order valence-corrected chi connectivity index (χ1v) is 7.25. The lowest BCUT2D eigenvalue weighted by atomic mass is 9.83. The van der Waals surface area contributed by atoms with E-state index in [1.807, 2.05) is 29.8 Å². The molecule has 0 saturated heterocycles. The maximum atomic E-state index is 13.0. The molecule has 0 saturated carbocycles. The van der Waals surface area contributed by atoms with Crippen molar-refractivity contribution in [2.45, 2.75) is 25.3 Å². The number of nitriles is 1. The fraction of sp³-hybridized carbons (Fsp3) is 0.353. The molecular weight excluding hydrogens is 276 g/mol. The van der Waals surface area contributed by atoms with Gasteiger partial charge in [0.1, 0.15) is 0 Å². The molecule has 2 aromatic rings. The van der Waals surface area contributed by atoms with Crippen molar-refractivity contribution in [3.8, 4) is 6.07 Å². The second-order valence-electron chi connectivity index (χ2n) is 5.96. The summed E-state index contributed by atoms with van der Waals surface area (Å²) in [5, 5.41) is 9.06. The van der Waals surface area contributed by atoms with Crippen molar-refractivity contribution in [3.63, 3.8) is 0 Å². The number of carbonyl (C=O) groups is 1. The number of hydrogen-bond acceptors (Lipinski definition) is 3. The third-order valence-corrected chi connectivity index (χ3v) is 4.43. The van der Waals surface area contributed by atoms with Gasteiger partial charge in [0.15, 0.2) is 5.54 Å². The van der Waals surface area contributed by atoms with E-state index in [1.165, 1.54) is 0 Å². The minimum atomic E-state index is -0.757. The Morgan fingerprint density at radius 2 is 2.23 bits per heavy atom. The topological polar surface area (TPSA) is 61.9 Å². The summed E-state index contributed by atoms with van der Waals surface area (Å²) < 4.78 is 1.99. The molecule has 112 valence electrons. The highest BCUT2D eigenvalue weighted by Crippen LogP contribution is 2.41. The SMILES string of the molecule is Cc1cc(C#N)ccc1C1(C(=O)N(C)C)CCc2cncn21. The van der Waals surface area contributed by atoms with Crippen LogP contribution in [0.25, 0.3) is 0 Å². The van der Waals surface area contributed by atoms with Crippen LogP contribution in [0.15, 0.2) is 30.7 Å². The van der Waals surface area contributed by atoms with E-state index in [9.17, 15) is 4.79 Å². The van der Waals surface area contributed by atoms with Gasteiger partial charge in [-0.1, -0.05) is 6.07 Å². The van der Waals surface area contributed by atoms with E-state index in [0.717, 1.165) is 23.2 Å². The first-order valence-electron chi connectivity index (χ1n) is 7.25. The maximum Gasteiger partial charge on any atom is 0.253 e. The van der Waals surface area contributed by atoms with Gasteiger partial charge >= 0.3 is 0 Å². The molecule has 22 heavy (non-hydrogen) atoms. The highest BCUT2D eigenvalue weighted by atomic mass is 16.2. The molecule has 1 aromatic carbocycles. The van der Waals surface area contributed by atoms with Crippen LogP contribution >= 0.6 is 0 Å². The van der Waals surface area contributed by atoms with Crippen LogP contribution in [0.1, 0.15) is 28.8 Å². The Balaban J connectivity index is 2.25. The Morgan fingerprint density at radius 1 is 1.45 bits per heavy atom. The average Bonchev–Trinajstić information content (AvgIpc) is 3.09. The molecule has 0 fully saturated rings. The van der Waals surface area contributed by atoms with Gasteiger partial charge < -0.3 is 9.47 Å². The lowest BCUT2D eigenvalue weighted by molar-refractivity contribution is -0.136. The van der Waals surface area contributed by atoms with Gasteiger partial charge in [-0.15, -0.1) is 0 Å². The van der Waals surface area contributed by atoms with Crippen LogP contribution < -0.4 is 0 Å². The van der Waals surface area contributed by atoms with E-state index >= 15 is 0 Å². The van der Waals surface area contributed by atoms with E-state index in [-0.39, 0.29) is 5.91 Å². The van der Waals surface area contributed by atoms with Gasteiger partial charge in [0.05, 0.1) is 18.0 Å². The molecule has 0 radical (unpaired) electrons. The molecule has 1 aliphatic rings. The molecule has 0 spiro atoms. The van der Waals surface area contributed by atoms with Gasteiger partial charge in [0.2, 0.25) is 0 Å². The number of likely N-dealkylation sites (N-methyl/N-ethyl adjacent to an activating group) is 1. The van der Waals surface area contributed by atoms with E-state index in [1.54, 1.807) is 31.4 Å². The molecule has 1 atom stereocenters. The predicted molar refractivity (Wildman–Crippen MR) is 82.2 cm³/mol. The minimum absolute atomic E-state index is 0.0389. The van der Waals surface area contributed by atoms with E-state index in [4.69, 9.17) is 5.26 Å². The highest BCUT2D eigenvalue weighted by Gasteiger charge is 2.48. The van der Waals surface area contributed by atoms with Gasteiger partial charge in [0, 0.05) is 26.0 Å². The molecule has 0 N–H and O–H groups in total. The number of fused-ring (bicyclic) bond motifs is 1. The first-order chi connectivity index (χ1) is 10.5. The Labute approximate surface area is 129 Å². The lowest BCUT2D eigenvalue weighted by Gasteiger charge is -2.34. The highest BCUT2D eigenvalue weighted by molar-refractivity contribution is 5.89.